The second-order valence-corrected chi connectivity index (χ2v) is 18.0. The van der Waals surface area contributed by atoms with Crippen molar-refractivity contribution in [2.45, 2.75) is 147 Å². The SMILES string of the molecule is C=CCOC12Oc3ccc(OC(=O)Nc4ccc(OC)cc4OC)cc3C3C(CCCCO)C(CCCCO)C=C(C(=NOC)CC1N(CCC)C(=O)OCCCCCCCCCCCC)C32. The number of nitrogens with zero attached hydrogens (tertiary/aromatic N) is 2. The third-order valence-electron chi connectivity index (χ3n) is 13.5. The van der Waals surface area contributed by atoms with Crippen LogP contribution in [-0.2, 0) is 14.3 Å². The zero-order chi connectivity index (χ0) is 48.0. The molecule has 0 bridgehead atoms. The first-order valence-electron chi connectivity index (χ1n) is 25.0. The molecule has 0 spiro atoms. The van der Waals surface area contributed by atoms with Crippen LogP contribution in [0.4, 0.5) is 15.3 Å². The Bertz CT molecular complexity index is 1920. The standard InChI is InChI=1S/C53H79N3O11/c1-7-10-11-12-13-14-15-16-17-22-33-64-52(60)56(29-8-2)48-37-45(55-63-6)42-34-38(23-18-20-30-57)41(24-19-21-31-58)49-43-35-40(26-28-46(43)67-53(48,50(42)49)65-32-9-3)66-51(59)54-44-27-25-39(61-4)36-47(44)62-5/h9,25-28,34-36,38,41,48-50,57-58H,3,7-8,10-24,29-33,37H2,1-2,4-6H3,(H,54,59). The molecule has 14 nitrogen and oxygen atoms in total. The summed E-state index contributed by atoms with van der Waals surface area (Å²) in [6.45, 7) is 9.29. The Kier molecular flexibility index (Phi) is 22.1. The molecule has 3 aliphatic rings. The number of rotatable bonds is 30. The molecule has 0 radical (unpaired) electrons. The maximum Gasteiger partial charge on any atom is 0.417 e. The van der Waals surface area contributed by atoms with Gasteiger partial charge in [-0.15, -0.1) is 6.58 Å². The van der Waals surface area contributed by atoms with E-state index in [1.54, 1.807) is 42.4 Å². The number of methoxy groups -OCH3 is 2. The van der Waals surface area contributed by atoms with Gasteiger partial charge in [0.05, 0.1) is 44.8 Å². The van der Waals surface area contributed by atoms with Crippen molar-refractivity contribution >= 4 is 23.6 Å². The van der Waals surface area contributed by atoms with E-state index < -0.39 is 29.9 Å². The van der Waals surface area contributed by atoms with Crippen molar-refractivity contribution in [2.75, 3.05) is 59.6 Å². The van der Waals surface area contributed by atoms with E-state index >= 15 is 0 Å². The lowest BCUT2D eigenvalue weighted by molar-refractivity contribution is -0.255. The summed E-state index contributed by atoms with van der Waals surface area (Å²) in [5.74, 6) is -0.372. The van der Waals surface area contributed by atoms with Crippen molar-refractivity contribution in [3.05, 3.63) is 66.3 Å². The summed E-state index contributed by atoms with van der Waals surface area (Å²) in [5.41, 5.74) is 2.84. The topological polar surface area (TPSA) is 167 Å². The van der Waals surface area contributed by atoms with Gasteiger partial charge in [-0.1, -0.05) is 102 Å². The van der Waals surface area contributed by atoms with E-state index in [9.17, 15) is 19.8 Å². The van der Waals surface area contributed by atoms with E-state index in [-0.39, 0.29) is 44.0 Å². The molecule has 67 heavy (non-hydrogen) atoms. The highest BCUT2D eigenvalue weighted by Crippen LogP contribution is 2.62. The fourth-order valence-corrected chi connectivity index (χ4v) is 10.4. The first-order chi connectivity index (χ1) is 32.7. The molecule has 3 N–H and O–H groups in total. The van der Waals surface area contributed by atoms with Gasteiger partial charge < -0.3 is 43.5 Å². The number of nitrogens with one attached hydrogen (secondary N) is 1. The van der Waals surface area contributed by atoms with E-state index in [1.807, 2.05) is 19.1 Å². The minimum Gasteiger partial charge on any atom is -0.497 e. The van der Waals surface area contributed by atoms with E-state index in [0.29, 0.717) is 66.8 Å². The highest BCUT2D eigenvalue weighted by molar-refractivity contribution is 6.03. The highest BCUT2D eigenvalue weighted by atomic mass is 16.7. The smallest absolute Gasteiger partial charge is 0.417 e. The maximum atomic E-state index is 14.5. The number of fused-ring (bicyclic) bond motifs is 2. The number of anilines is 1. The van der Waals surface area contributed by atoms with E-state index in [4.69, 9.17) is 33.3 Å². The summed E-state index contributed by atoms with van der Waals surface area (Å²) in [4.78, 5) is 35.4. The number of unbranched alkanes of at least 4 members (excludes halogenated alkanes) is 11. The average molecular weight is 934 g/mol. The van der Waals surface area contributed by atoms with Gasteiger partial charge in [0.15, 0.2) is 0 Å². The van der Waals surface area contributed by atoms with Crippen LogP contribution >= 0.6 is 0 Å². The molecule has 14 heteroatoms. The Morgan fingerprint density at radius 3 is 2.22 bits per heavy atom. The number of carbonyl (C=O) groups excluding carboxylic acids is 2. The molecule has 2 aromatic carbocycles. The average Bonchev–Trinajstić information content (AvgIpc) is 3.33. The minimum atomic E-state index is -1.42. The third-order valence-corrected chi connectivity index (χ3v) is 13.5. The summed E-state index contributed by atoms with van der Waals surface area (Å²) >= 11 is 0. The fourth-order valence-electron chi connectivity index (χ4n) is 10.4. The van der Waals surface area contributed by atoms with Crippen molar-refractivity contribution in [3.8, 4) is 23.0 Å². The Morgan fingerprint density at radius 2 is 1.57 bits per heavy atom. The monoisotopic (exact) mass is 934 g/mol. The second-order valence-electron chi connectivity index (χ2n) is 18.0. The molecule has 1 heterocycles. The van der Waals surface area contributed by atoms with Crippen LogP contribution in [-0.4, -0.2) is 99.1 Å². The van der Waals surface area contributed by atoms with Crippen LogP contribution in [0.1, 0.15) is 141 Å². The molecular formula is C53H79N3O11. The Labute approximate surface area is 399 Å². The molecule has 2 amide bonds. The molecule has 1 fully saturated rings. The number of ether oxygens (including phenoxy) is 6. The summed E-state index contributed by atoms with van der Waals surface area (Å²) < 4.78 is 37.3. The van der Waals surface area contributed by atoms with Crippen molar-refractivity contribution in [2.24, 2.45) is 22.9 Å². The molecule has 1 saturated carbocycles. The number of hydrogen-bond acceptors (Lipinski definition) is 12. The fraction of sp³-hybridized carbons (Fsp3) is 0.642. The quantitative estimate of drug-likeness (QED) is 0.0387. The number of carbonyl (C=O) groups is 2. The molecule has 372 valence electrons. The van der Waals surface area contributed by atoms with Crippen LogP contribution in [0, 0.1) is 17.8 Å². The molecular weight excluding hydrogens is 855 g/mol. The molecule has 1 aliphatic heterocycles. The van der Waals surface area contributed by atoms with Gasteiger partial charge in [-0.05, 0) is 86.3 Å². The Hall–Kier alpha value is -4.79. The normalized spacial score (nSPS) is 22.1. The lowest BCUT2D eigenvalue weighted by Crippen LogP contribution is -2.70. The zero-order valence-electron chi connectivity index (χ0n) is 40.9. The first kappa shape index (κ1) is 53.2. The van der Waals surface area contributed by atoms with Crippen molar-refractivity contribution in [1.82, 2.24) is 4.90 Å². The van der Waals surface area contributed by atoms with Crippen LogP contribution in [0.5, 0.6) is 23.0 Å². The number of hydrogen-bond donors (Lipinski definition) is 3. The zero-order valence-corrected chi connectivity index (χ0v) is 40.9. The van der Waals surface area contributed by atoms with Crippen LogP contribution in [0.25, 0.3) is 0 Å². The van der Waals surface area contributed by atoms with Gasteiger partial charge in [0.25, 0.3) is 0 Å². The molecule has 2 aromatic rings. The van der Waals surface area contributed by atoms with Gasteiger partial charge in [0.2, 0.25) is 5.79 Å². The van der Waals surface area contributed by atoms with Gasteiger partial charge in [-0.25, -0.2) is 9.59 Å². The molecule has 0 aromatic heterocycles. The van der Waals surface area contributed by atoms with E-state index in [2.05, 4.69) is 30.1 Å². The lowest BCUT2D eigenvalue weighted by Gasteiger charge is -2.59. The number of allylic oxidation sites excluding steroid dienone is 1. The highest BCUT2D eigenvalue weighted by Gasteiger charge is 2.65. The van der Waals surface area contributed by atoms with Gasteiger partial charge in [0, 0.05) is 43.7 Å². The Balaban J connectivity index is 1.54. The number of aliphatic hydroxyl groups excluding tert-OH is 2. The lowest BCUT2D eigenvalue weighted by atomic mass is 9.55. The van der Waals surface area contributed by atoms with E-state index in [0.717, 1.165) is 56.1 Å². The minimum absolute atomic E-state index is 0.00792. The summed E-state index contributed by atoms with van der Waals surface area (Å²) in [7, 11) is 4.60. The van der Waals surface area contributed by atoms with Crippen LogP contribution in [0.3, 0.4) is 0 Å². The van der Waals surface area contributed by atoms with Gasteiger partial charge in [0.1, 0.15) is 36.1 Å². The molecule has 6 atom stereocenters. The van der Waals surface area contributed by atoms with Crippen LogP contribution in [0.2, 0.25) is 0 Å². The van der Waals surface area contributed by atoms with Crippen LogP contribution in [0.15, 0.2) is 65.9 Å². The summed E-state index contributed by atoms with van der Waals surface area (Å²) in [6, 6.07) is 9.77. The predicted octanol–water partition coefficient (Wildman–Crippen LogP) is 11.3. The largest absolute Gasteiger partial charge is 0.497 e. The number of oxime groups is 1. The summed E-state index contributed by atoms with van der Waals surface area (Å²) in [6.07, 6.45) is 20.0. The van der Waals surface area contributed by atoms with Gasteiger partial charge in [-0.3, -0.25) is 10.2 Å². The van der Waals surface area contributed by atoms with Crippen molar-refractivity contribution in [3.63, 3.8) is 0 Å². The molecule has 0 saturated heterocycles. The third kappa shape index (κ3) is 13.9. The molecule has 5 rings (SSSR count). The molecule has 2 aliphatic carbocycles. The first-order valence-corrected chi connectivity index (χ1v) is 25.0. The van der Waals surface area contributed by atoms with Gasteiger partial charge >= 0.3 is 12.2 Å². The number of benzene rings is 2. The summed E-state index contributed by atoms with van der Waals surface area (Å²) in [5, 5.41) is 27.3. The Morgan fingerprint density at radius 1 is 0.866 bits per heavy atom. The second kappa shape index (κ2) is 27.9. The number of aliphatic hydroxyl groups is 2. The predicted molar refractivity (Wildman–Crippen MR) is 261 cm³/mol. The number of amides is 2. The van der Waals surface area contributed by atoms with Gasteiger partial charge in [-0.2, -0.15) is 0 Å². The van der Waals surface area contributed by atoms with Crippen LogP contribution < -0.4 is 24.3 Å². The van der Waals surface area contributed by atoms with E-state index in [1.165, 1.54) is 59.2 Å². The maximum absolute atomic E-state index is 14.5. The molecule has 6 unspecified atom stereocenters. The van der Waals surface area contributed by atoms with Crippen molar-refractivity contribution < 1.29 is 53.1 Å². The van der Waals surface area contributed by atoms with Crippen molar-refractivity contribution in [1.29, 1.82) is 0 Å².